The molecule has 0 aliphatic heterocycles. The Morgan fingerprint density at radius 3 is 1.90 bits per heavy atom. The maximum absolute atomic E-state index is 12.8. The highest BCUT2D eigenvalue weighted by Crippen LogP contribution is 2.29. The van der Waals surface area contributed by atoms with E-state index in [9.17, 15) is 37.1 Å². The number of benzene rings is 3. The fourth-order valence-corrected chi connectivity index (χ4v) is 3.54. The van der Waals surface area contributed by atoms with Gasteiger partial charge in [0.05, 0.1) is 5.56 Å². The van der Waals surface area contributed by atoms with Crippen LogP contribution < -0.4 is 20.1 Å². The Bertz CT molecular complexity index is 1470. The van der Waals surface area contributed by atoms with Crippen LogP contribution in [-0.2, 0) is 25.3 Å². The van der Waals surface area contributed by atoms with Crippen LogP contribution in [0.5, 0.6) is 11.5 Å². The third-order valence-corrected chi connectivity index (χ3v) is 5.56. The zero-order valence-electron chi connectivity index (χ0n) is 22.4. The summed E-state index contributed by atoms with van der Waals surface area (Å²) in [7, 11) is 0. The lowest BCUT2D eigenvalue weighted by Crippen LogP contribution is -2.32. The van der Waals surface area contributed by atoms with Gasteiger partial charge in [-0.3, -0.25) is 9.59 Å². The largest absolute Gasteiger partial charge is 0.481 e. The van der Waals surface area contributed by atoms with Crippen LogP contribution in [-0.4, -0.2) is 49.4 Å². The number of rotatable bonds is 10. The number of hydrogen-bond acceptors (Lipinski definition) is 8. The molecule has 0 atom stereocenters. The molecule has 0 fully saturated rings. The first-order valence-electron chi connectivity index (χ1n) is 12.3. The molecule has 0 saturated carbocycles. The van der Waals surface area contributed by atoms with Gasteiger partial charge in [0, 0.05) is 11.1 Å². The molecule has 13 heteroatoms. The lowest BCUT2D eigenvalue weighted by Gasteiger charge is -2.11. The highest BCUT2D eigenvalue weighted by molar-refractivity contribution is 5.97. The zero-order chi connectivity index (χ0) is 30.9. The van der Waals surface area contributed by atoms with Gasteiger partial charge in [0.2, 0.25) is 0 Å². The second-order valence-electron chi connectivity index (χ2n) is 8.80. The van der Waals surface area contributed by atoms with Crippen LogP contribution in [0.2, 0.25) is 0 Å². The van der Waals surface area contributed by atoms with Crippen molar-refractivity contribution in [3.05, 3.63) is 94.5 Å². The number of halogens is 3. The van der Waals surface area contributed by atoms with Crippen LogP contribution in [0.3, 0.4) is 0 Å². The van der Waals surface area contributed by atoms with Gasteiger partial charge in [-0.2, -0.15) is 13.2 Å². The third kappa shape index (κ3) is 9.18. The molecule has 0 spiro atoms. The molecule has 2 N–H and O–H groups in total. The molecule has 0 unspecified atom stereocenters. The van der Waals surface area contributed by atoms with E-state index in [1.54, 1.807) is 26.0 Å². The Kier molecular flexibility index (Phi) is 10.4. The van der Waals surface area contributed by atoms with Gasteiger partial charge in [-0.15, -0.1) is 0 Å². The van der Waals surface area contributed by atoms with Crippen LogP contribution in [0.25, 0.3) is 0 Å². The smallest absolute Gasteiger partial charge is 0.416 e. The summed E-state index contributed by atoms with van der Waals surface area (Å²) in [4.78, 5) is 60.3. The molecule has 3 aromatic carbocycles. The molecule has 0 radical (unpaired) electrons. The molecule has 0 aliphatic rings. The summed E-state index contributed by atoms with van der Waals surface area (Å²) in [6, 6.07) is 14.3. The highest BCUT2D eigenvalue weighted by atomic mass is 19.4. The predicted molar refractivity (Wildman–Crippen MR) is 141 cm³/mol. The van der Waals surface area contributed by atoms with E-state index < -0.39 is 61.2 Å². The molecule has 0 heterocycles. The number of carbonyl (C=O) groups is 5. The maximum Gasteiger partial charge on any atom is 0.416 e. The van der Waals surface area contributed by atoms with Crippen molar-refractivity contribution < 1.29 is 51.4 Å². The normalized spacial score (nSPS) is 10.8. The van der Waals surface area contributed by atoms with E-state index in [-0.39, 0.29) is 16.9 Å². The first kappa shape index (κ1) is 31.3. The molecule has 0 saturated heterocycles. The molecule has 220 valence electrons. The molecular formula is C29H25F3N2O8. The highest BCUT2D eigenvalue weighted by Gasteiger charge is 2.31. The Morgan fingerprint density at radius 1 is 0.714 bits per heavy atom. The topological polar surface area (TPSA) is 137 Å². The molecule has 0 aromatic heterocycles. The van der Waals surface area contributed by atoms with Crippen LogP contribution in [0.4, 0.5) is 13.2 Å². The van der Waals surface area contributed by atoms with Gasteiger partial charge in [-0.25, -0.2) is 14.4 Å². The molecule has 2 amide bonds. The average molecular weight is 587 g/mol. The lowest BCUT2D eigenvalue weighted by atomic mass is 10.1. The van der Waals surface area contributed by atoms with Crippen LogP contribution in [0, 0.1) is 13.8 Å². The van der Waals surface area contributed by atoms with Gasteiger partial charge in [-0.05, 0) is 67.4 Å². The third-order valence-electron chi connectivity index (χ3n) is 5.56. The number of alkyl halides is 3. The minimum absolute atomic E-state index is 0.0127. The number of hydrogen-bond donors (Lipinski definition) is 2. The second kappa shape index (κ2) is 13.9. The number of carbonyl (C=O) groups excluding carboxylic acids is 5. The molecule has 10 nitrogen and oxygen atoms in total. The number of nitrogens with one attached hydrogen (secondary N) is 2. The minimum Gasteiger partial charge on any atom is -0.481 e. The summed E-state index contributed by atoms with van der Waals surface area (Å²) in [5, 5.41) is 4.45. The molecule has 3 rings (SSSR count). The Hall–Kier alpha value is -5.20. The summed E-state index contributed by atoms with van der Waals surface area (Å²) in [5.74, 6) is -3.92. The maximum atomic E-state index is 12.8. The summed E-state index contributed by atoms with van der Waals surface area (Å²) < 4.78 is 53.5. The summed E-state index contributed by atoms with van der Waals surface area (Å²) in [6.45, 7) is 1.88. The van der Waals surface area contributed by atoms with Crippen LogP contribution in [0.15, 0.2) is 66.7 Å². The Labute approximate surface area is 237 Å². The van der Waals surface area contributed by atoms with E-state index in [4.69, 9.17) is 9.47 Å². The molecule has 0 bridgehead atoms. The predicted octanol–water partition coefficient (Wildman–Crippen LogP) is 3.54. The fourth-order valence-electron chi connectivity index (χ4n) is 3.54. The zero-order valence-corrected chi connectivity index (χ0v) is 22.4. The Morgan fingerprint density at radius 2 is 1.29 bits per heavy atom. The van der Waals surface area contributed by atoms with E-state index >= 15 is 0 Å². The quantitative estimate of drug-likeness (QED) is 0.209. The van der Waals surface area contributed by atoms with Crippen molar-refractivity contribution in [3.8, 4) is 11.5 Å². The SMILES string of the molecule is Cc1cccc(C)c1OCC(=O)OC(=O)CNC(=O)c1ccc(OC(=O)CNC(=O)c2cccc(C(F)(F)F)c2)cc1. The van der Waals surface area contributed by atoms with Crippen molar-refractivity contribution in [2.24, 2.45) is 0 Å². The van der Waals surface area contributed by atoms with Crippen molar-refractivity contribution in [2.75, 3.05) is 19.7 Å². The van der Waals surface area contributed by atoms with E-state index in [0.29, 0.717) is 11.8 Å². The van der Waals surface area contributed by atoms with Crippen molar-refractivity contribution in [1.29, 1.82) is 0 Å². The average Bonchev–Trinajstić information content (AvgIpc) is 2.94. The summed E-state index contributed by atoms with van der Waals surface area (Å²) >= 11 is 0. The number of aryl methyl sites for hydroxylation is 2. The van der Waals surface area contributed by atoms with Gasteiger partial charge >= 0.3 is 24.1 Å². The van der Waals surface area contributed by atoms with Gasteiger partial charge in [0.15, 0.2) is 6.61 Å². The van der Waals surface area contributed by atoms with E-state index in [1.165, 1.54) is 30.3 Å². The number of esters is 3. The number of ether oxygens (including phenoxy) is 3. The minimum atomic E-state index is -4.63. The lowest BCUT2D eigenvalue weighted by molar-refractivity contribution is -0.160. The van der Waals surface area contributed by atoms with Gasteiger partial charge in [0.1, 0.15) is 24.6 Å². The molecule has 0 aliphatic carbocycles. The van der Waals surface area contributed by atoms with E-state index in [2.05, 4.69) is 15.4 Å². The van der Waals surface area contributed by atoms with Gasteiger partial charge < -0.3 is 24.8 Å². The fraction of sp³-hybridized carbons (Fsp3) is 0.207. The van der Waals surface area contributed by atoms with Crippen molar-refractivity contribution in [3.63, 3.8) is 0 Å². The van der Waals surface area contributed by atoms with Crippen molar-refractivity contribution in [1.82, 2.24) is 10.6 Å². The standard InChI is InChI=1S/C29H25F3N2O8/c1-17-5-3-6-18(2)26(17)40-16-25(37)42-24(36)15-33-27(38)19-9-11-22(12-10-19)41-23(35)14-34-28(39)20-7-4-8-21(13-20)29(30,31)32/h3-13H,14-16H2,1-2H3,(H,33,38)(H,34,39). The molecular weight excluding hydrogens is 561 g/mol. The van der Waals surface area contributed by atoms with Gasteiger partial charge in [-0.1, -0.05) is 24.3 Å². The van der Waals surface area contributed by atoms with Crippen LogP contribution in [0.1, 0.15) is 37.4 Å². The molecule has 3 aromatic rings. The second-order valence-corrected chi connectivity index (χ2v) is 8.80. The van der Waals surface area contributed by atoms with Crippen molar-refractivity contribution >= 4 is 29.7 Å². The van der Waals surface area contributed by atoms with Gasteiger partial charge in [0.25, 0.3) is 11.8 Å². The van der Waals surface area contributed by atoms with Crippen LogP contribution >= 0.6 is 0 Å². The monoisotopic (exact) mass is 586 g/mol. The summed E-state index contributed by atoms with van der Waals surface area (Å²) in [5.41, 5.74) is 0.411. The van der Waals surface area contributed by atoms with E-state index in [0.717, 1.165) is 23.3 Å². The van der Waals surface area contributed by atoms with E-state index in [1.807, 2.05) is 6.07 Å². The first-order chi connectivity index (χ1) is 19.8. The summed E-state index contributed by atoms with van der Waals surface area (Å²) in [6.07, 6.45) is -4.63. The Balaban J connectivity index is 1.40. The molecule has 42 heavy (non-hydrogen) atoms. The first-order valence-corrected chi connectivity index (χ1v) is 12.3. The number of amides is 2. The number of para-hydroxylation sites is 1. The van der Waals surface area contributed by atoms with Crippen molar-refractivity contribution in [2.45, 2.75) is 20.0 Å².